The molecule has 2 unspecified atom stereocenters. The van der Waals surface area contributed by atoms with Gasteiger partial charge in [0.25, 0.3) is 0 Å². The molecule has 2 atom stereocenters. The van der Waals surface area contributed by atoms with Gasteiger partial charge in [0.15, 0.2) is 0 Å². The van der Waals surface area contributed by atoms with Crippen LogP contribution in [0.5, 0.6) is 0 Å². The third kappa shape index (κ3) is 2.38. The Morgan fingerprint density at radius 3 is 2.57 bits per heavy atom. The number of allylic oxidation sites excluding steroid dienone is 3. The van der Waals surface area contributed by atoms with Crippen molar-refractivity contribution in [1.29, 1.82) is 0 Å². The summed E-state index contributed by atoms with van der Waals surface area (Å²) in [5.41, 5.74) is 3.76. The minimum absolute atomic E-state index is 0.0960. The maximum absolute atomic E-state index is 9.87. The van der Waals surface area contributed by atoms with E-state index in [1.807, 2.05) is 0 Å². The van der Waals surface area contributed by atoms with Crippen LogP contribution in [0, 0.1) is 0 Å². The van der Waals surface area contributed by atoms with E-state index < -0.39 is 0 Å². The van der Waals surface area contributed by atoms with E-state index in [9.17, 15) is 5.11 Å². The minimum atomic E-state index is -0.266. The average Bonchev–Trinajstić information content (AvgIpc) is 2.13. The fourth-order valence-corrected chi connectivity index (χ4v) is 1.77. The van der Waals surface area contributed by atoms with Crippen molar-refractivity contribution in [2.45, 2.75) is 52.7 Å². The second kappa shape index (κ2) is 4.65. The van der Waals surface area contributed by atoms with Crippen LogP contribution >= 0.6 is 0 Å². The first kappa shape index (κ1) is 11.3. The van der Waals surface area contributed by atoms with Crippen molar-refractivity contribution in [1.82, 2.24) is 5.32 Å². The minimum Gasteiger partial charge on any atom is -0.391 e. The highest BCUT2D eigenvalue weighted by Gasteiger charge is 2.20. The first-order valence-electron chi connectivity index (χ1n) is 5.37. The van der Waals surface area contributed by atoms with E-state index in [4.69, 9.17) is 0 Å². The van der Waals surface area contributed by atoms with Crippen molar-refractivity contribution in [2.24, 2.45) is 0 Å². The number of nitrogens with one attached hydrogen (secondary N) is 1. The van der Waals surface area contributed by atoms with E-state index in [1.54, 1.807) is 0 Å². The van der Waals surface area contributed by atoms with Gasteiger partial charge in [0, 0.05) is 5.70 Å². The topological polar surface area (TPSA) is 32.3 Å². The van der Waals surface area contributed by atoms with Gasteiger partial charge in [-0.05, 0) is 38.3 Å². The molecule has 0 aromatic heterocycles. The van der Waals surface area contributed by atoms with Crippen LogP contribution in [0.15, 0.2) is 22.9 Å². The summed E-state index contributed by atoms with van der Waals surface area (Å²) in [4.78, 5) is 0. The van der Waals surface area contributed by atoms with E-state index in [1.165, 1.54) is 16.8 Å². The molecule has 0 radical (unpaired) electrons. The van der Waals surface area contributed by atoms with E-state index >= 15 is 0 Å². The molecule has 0 saturated carbocycles. The fourth-order valence-electron chi connectivity index (χ4n) is 1.77. The molecule has 1 heterocycles. The molecule has 2 nitrogen and oxygen atoms in total. The van der Waals surface area contributed by atoms with Gasteiger partial charge < -0.3 is 10.4 Å². The van der Waals surface area contributed by atoms with Crippen LogP contribution < -0.4 is 5.32 Å². The summed E-state index contributed by atoms with van der Waals surface area (Å²) in [7, 11) is 0. The normalized spacial score (nSPS) is 24.4. The van der Waals surface area contributed by atoms with Gasteiger partial charge in [-0.3, -0.25) is 0 Å². The van der Waals surface area contributed by atoms with Crippen LogP contribution in [-0.4, -0.2) is 17.3 Å². The SMILES string of the molecule is CCCC(O)C1C=C(C)C(C)=C(C)N1. The summed E-state index contributed by atoms with van der Waals surface area (Å²) in [6.45, 7) is 8.37. The second-order valence-corrected chi connectivity index (χ2v) is 4.13. The number of dihydropyridines is 1. The molecule has 0 amide bonds. The van der Waals surface area contributed by atoms with Crippen LogP contribution in [-0.2, 0) is 0 Å². The van der Waals surface area contributed by atoms with E-state index in [0.717, 1.165) is 12.8 Å². The van der Waals surface area contributed by atoms with Crippen molar-refractivity contribution in [3.05, 3.63) is 22.9 Å². The molecule has 2 heteroatoms. The number of hydrogen-bond donors (Lipinski definition) is 2. The Bertz CT molecular complexity index is 265. The van der Waals surface area contributed by atoms with Crippen LogP contribution in [0.25, 0.3) is 0 Å². The van der Waals surface area contributed by atoms with Gasteiger partial charge in [0.05, 0.1) is 12.1 Å². The van der Waals surface area contributed by atoms with Gasteiger partial charge in [-0.25, -0.2) is 0 Å². The Labute approximate surface area is 86.7 Å². The van der Waals surface area contributed by atoms with Crippen molar-refractivity contribution >= 4 is 0 Å². The lowest BCUT2D eigenvalue weighted by atomic mass is 9.96. The molecule has 0 fully saturated rings. The van der Waals surface area contributed by atoms with Gasteiger partial charge in [0.2, 0.25) is 0 Å². The Hall–Kier alpha value is -0.760. The van der Waals surface area contributed by atoms with E-state index in [-0.39, 0.29) is 12.1 Å². The number of hydrogen-bond acceptors (Lipinski definition) is 2. The molecule has 80 valence electrons. The molecule has 0 saturated heterocycles. The first-order chi connectivity index (χ1) is 6.56. The average molecular weight is 195 g/mol. The van der Waals surface area contributed by atoms with Gasteiger partial charge >= 0.3 is 0 Å². The smallest absolute Gasteiger partial charge is 0.0777 e. The summed E-state index contributed by atoms with van der Waals surface area (Å²) in [6, 6.07) is 0.0960. The lowest BCUT2D eigenvalue weighted by Crippen LogP contribution is -2.39. The zero-order valence-electron chi connectivity index (χ0n) is 9.59. The summed E-state index contributed by atoms with van der Waals surface area (Å²) in [5.74, 6) is 0. The molecule has 14 heavy (non-hydrogen) atoms. The van der Waals surface area contributed by atoms with E-state index in [2.05, 4.69) is 39.1 Å². The monoisotopic (exact) mass is 195 g/mol. The summed E-state index contributed by atoms with van der Waals surface area (Å²) < 4.78 is 0. The molecule has 0 bridgehead atoms. The standard InChI is InChI=1S/C12H21NO/c1-5-6-12(14)11-7-8(2)9(3)10(4)13-11/h7,11-14H,5-6H2,1-4H3. The quantitative estimate of drug-likeness (QED) is 0.724. The molecule has 2 N–H and O–H groups in total. The van der Waals surface area contributed by atoms with E-state index in [0.29, 0.717) is 0 Å². The summed E-state index contributed by atoms with van der Waals surface area (Å²) in [6.07, 6.45) is 3.74. The van der Waals surface area contributed by atoms with Gasteiger partial charge in [0.1, 0.15) is 0 Å². The fraction of sp³-hybridized carbons (Fsp3) is 0.667. The Morgan fingerprint density at radius 2 is 2.07 bits per heavy atom. The predicted octanol–water partition coefficient (Wildman–Crippen LogP) is 2.36. The highest BCUT2D eigenvalue weighted by Crippen LogP contribution is 2.20. The Balaban J connectivity index is 2.70. The lowest BCUT2D eigenvalue weighted by molar-refractivity contribution is 0.138. The third-order valence-corrected chi connectivity index (χ3v) is 2.97. The molecule has 0 spiro atoms. The highest BCUT2D eigenvalue weighted by atomic mass is 16.3. The van der Waals surface area contributed by atoms with Crippen LogP contribution in [0.3, 0.4) is 0 Å². The lowest BCUT2D eigenvalue weighted by Gasteiger charge is -2.28. The first-order valence-corrected chi connectivity index (χ1v) is 5.37. The zero-order chi connectivity index (χ0) is 10.7. The molecule has 1 aliphatic rings. The molecule has 0 aromatic carbocycles. The molecular weight excluding hydrogens is 174 g/mol. The molecule has 0 aliphatic carbocycles. The van der Waals surface area contributed by atoms with Gasteiger partial charge in [-0.15, -0.1) is 0 Å². The van der Waals surface area contributed by atoms with Crippen molar-refractivity contribution in [2.75, 3.05) is 0 Å². The van der Waals surface area contributed by atoms with Crippen molar-refractivity contribution in [3.63, 3.8) is 0 Å². The zero-order valence-corrected chi connectivity index (χ0v) is 9.59. The van der Waals surface area contributed by atoms with Crippen molar-refractivity contribution in [3.8, 4) is 0 Å². The summed E-state index contributed by atoms with van der Waals surface area (Å²) in [5, 5.41) is 13.2. The second-order valence-electron chi connectivity index (χ2n) is 4.13. The number of aliphatic hydroxyl groups is 1. The number of aliphatic hydroxyl groups excluding tert-OH is 1. The Kier molecular flexibility index (Phi) is 3.76. The third-order valence-electron chi connectivity index (χ3n) is 2.97. The maximum Gasteiger partial charge on any atom is 0.0777 e. The Morgan fingerprint density at radius 1 is 1.43 bits per heavy atom. The maximum atomic E-state index is 9.87. The molecule has 1 aliphatic heterocycles. The molecular formula is C12H21NO. The number of rotatable bonds is 3. The van der Waals surface area contributed by atoms with Crippen LogP contribution in [0.2, 0.25) is 0 Å². The largest absolute Gasteiger partial charge is 0.391 e. The molecule has 0 aromatic rings. The molecule has 1 rings (SSSR count). The van der Waals surface area contributed by atoms with Crippen molar-refractivity contribution < 1.29 is 5.11 Å². The van der Waals surface area contributed by atoms with Gasteiger partial charge in [-0.1, -0.05) is 19.4 Å². The summed E-state index contributed by atoms with van der Waals surface area (Å²) >= 11 is 0. The van der Waals surface area contributed by atoms with Gasteiger partial charge in [-0.2, -0.15) is 0 Å². The highest BCUT2D eigenvalue weighted by molar-refractivity contribution is 5.36. The van der Waals surface area contributed by atoms with Crippen LogP contribution in [0.4, 0.5) is 0 Å². The predicted molar refractivity (Wildman–Crippen MR) is 60.0 cm³/mol. The van der Waals surface area contributed by atoms with Crippen LogP contribution in [0.1, 0.15) is 40.5 Å².